The zero-order valence-corrected chi connectivity index (χ0v) is 12.8. The maximum absolute atomic E-state index is 13.7. The second kappa shape index (κ2) is 5.76. The molecule has 0 radical (unpaired) electrons. The number of aromatic nitrogens is 4. The molecule has 3 aromatic rings. The molecule has 118 valence electrons. The fraction of sp³-hybridized carbons (Fsp3) is 0.0714. The van der Waals surface area contributed by atoms with Gasteiger partial charge in [-0.1, -0.05) is 24.3 Å². The Labute approximate surface area is 131 Å². The summed E-state index contributed by atoms with van der Waals surface area (Å²) in [5, 5.41) is 11.1. The zero-order chi connectivity index (χ0) is 16.4. The summed E-state index contributed by atoms with van der Waals surface area (Å²) >= 11 is 0. The van der Waals surface area contributed by atoms with Gasteiger partial charge < -0.3 is 0 Å². The molecule has 9 heteroatoms. The van der Waals surface area contributed by atoms with Crippen LogP contribution in [0.5, 0.6) is 0 Å². The molecule has 1 N–H and O–H groups in total. The number of nitrogens with zero attached hydrogens (tertiary/aromatic N) is 4. The fourth-order valence-electron chi connectivity index (χ4n) is 2.07. The lowest BCUT2D eigenvalue weighted by atomic mass is 10.2. The maximum Gasteiger partial charge on any atom is 0.264 e. The van der Waals surface area contributed by atoms with E-state index in [1.54, 1.807) is 31.3 Å². The van der Waals surface area contributed by atoms with Crippen molar-refractivity contribution in [3.05, 3.63) is 54.3 Å². The number of halogens is 1. The Bertz CT molecular complexity index is 955. The average molecular weight is 333 g/mol. The molecule has 0 aliphatic carbocycles. The van der Waals surface area contributed by atoms with E-state index in [4.69, 9.17) is 0 Å². The van der Waals surface area contributed by atoms with E-state index < -0.39 is 20.7 Å². The summed E-state index contributed by atoms with van der Waals surface area (Å²) in [4.78, 5) is -0.411. The largest absolute Gasteiger partial charge is 0.280 e. The smallest absolute Gasteiger partial charge is 0.264 e. The molecule has 0 fully saturated rings. The standard InChI is InChI=1S/C14H12FN5O2S/c1-20-14(16-18-19-20)10-5-4-6-11(9-10)17-23(21,22)13-8-3-2-7-12(13)15/h2-9,17H,1H3. The van der Waals surface area contributed by atoms with Crippen molar-refractivity contribution in [2.45, 2.75) is 4.90 Å². The number of benzene rings is 2. The van der Waals surface area contributed by atoms with Crippen LogP contribution >= 0.6 is 0 Å². The lowest BCUT2D eigenvalue weighted by molar-refractivity contribution is 0.570. The van der Waals surface area contributed by atoms with E-state index in [-0.39, 0.29) is 5.69 Å². The molecule has 0 spiro atoms. The molecule has 0 amide bonds. The zero-order valence-electron chi connectivity index (χ0n) is 12.0. The summed E-state index contributed by atoms with van der Waals surface area (Å²) in [5.41, 5.74) is 0.917. The molecule has 1 aromatic heterocycles. The van der Waals surface area contributed by atoms with Gasteiger partial charge in [-0.25, -0.2) is 17.5 Å². The van der Waals surface area contributed by atoms with E-state index >= 15 is 0 Å². The highest BCUT2D eigenvalue weighted by Gasteiger charge is 2.19. The van der Waals surface area contributed by atoms with Crippen molar-refractivity contribution in [3.8, 4) is 11.4 Å². The number of nitrogens with one attached hydrogen (secondary N) is 1. The summed E-state index contributed by atoms with van der Waals surface area (Å²) in [5.74, 6) is -0.328. The number of sulfonamides is 1. The Kier molecular flexibility index (Phi) is 3.78. The van der Waals surface area contributed by atoms with Crippen molar-refractivity contribution in [1.29, 1.82) is 0 Å². The number of aryl methyl sites for hydroxylation is 1. The SMILES string of the molecule is Cn1nnnc1-c1cccc(NS(=O)(=O)c2ccccc2F)c1. The molecule has 2 aromatic carbocycles. The van der Waals surface area contributed by atoms with E-state index in [1.807, 2.05) is 0 Å². The van der Waals surface area contributed by atoms with E-state index in [0.717, 1.165) is 6.07 Å². The minimum absolute atomic E-state index is 0.286. The van der Waals surface area contributed by atoms with Crippen molar-refractivity contribution < 1.29 is 12.8 Å². The topological polar surface area (TPSA) is 89.8 Å². The highest BCUT2D eigenvalue weighted by molar-refractivity contribution is 7.92. The molecular formula is C14H12FN5O2S. The minimum atomic E-state index is -4.02. The maximum atomic E-state index is 13.7. The number of hydrogen-bond acceptors (Lipinski definition) is 5. The summed E-state index contributed by atoms with van der Waals surface area (Å²) in [6.07, 6.45) is 0. The van der Waals surface area contributed by atoms with Crippen LogP contribution in [0, 0.1) is 5.82 Å². The molecule has 23 heavy (non-hydrogen) atoms. The first-order chi connectivity index (χ1) is 11.0. The van der Waals surface area contributed by atoms with E-state index in [2.05, 4.69) is 20.2 Å². The molecule has 0 bridgehead atoms. The fourth-order valence-corrected chi connectivity index (χ4v) is 3.20. The van der Waals surface area contributed by atoms with Gasteiger partial charge >= 0.3 is 0 Å². The Balaban J connectivity index is 1.95. The molecule has 1 heterocycles. The third-order valence-corrected chi connectivity index (χ3v) is 4.53. The molecule has 0 unspecified atom stereocenters. The van der Waals surface area contributed by atoms with Gasteiger partial charge in [-0.2, -0.15) is 0 Å². The lowest BCUT2D eigenvalue weighted by Gasteiger charge is -2.09. The Morgan fingerprint density at radius 2 is 1.91 bits per heavy atom. The van der Waals surface area contributed by atoms with Crippen molar-refractivity contribution in [3.63, 3.8) is 0 Å². The molecule has 0 aliphatic heterocycles. The van der Waals surface area contributed by atoms with Gasteiger partial charge in [-0.3, -0.25) is 4.72 Å². The van der Waals surface area contributed by atoms with Crippen LogP contribution in [-0.4, -0.2) is 28.6 Å². The first-order valence-electron chi connectivity index (χ1n) is 6.57. The third-order valence-electron chi connectivity index (χ3n) is 3.12. The summed E-state index contributed by atoms with van der Waals surface area (Å²) in [6, 6.07) is 11.7. The number of rotatable bonds is 4. The first kappa shape index (κ1) is 15.1. The van der Waals surface area contributed by atoms with Crippen molar-refractivity contribution in [2.24, 2.45) is 7.05 Å². The summed E-state index contributed by atoms with van der Waals surface area (Å²) in [6.45, 7) is 0. The van der Waals surface area contributed by atoms with E-state index in [1.165, 1.54) is 22.9 Å². The molecule has 3 rings (SSSR count). The Morgan fingerprint density at radius 3 is 2.61 bits per heavy atom. The van der Waals surface area contributed by atoms with Crippen LogP contribution in [0.3, 0.4) is 0 Å². The Hall–Kier alpha value is -2.81. The molecule has 7 nitrogen and oxygen atoms in total. The highest BCUT2D eigenvalue weighted by Crippen LogP contribution is 2.23. The molecule has 0 atom stereocenters. The van der Waals surface area contributed by atoms with E-state index in [0.29, 0.717) is 11.4 Å². The number of tetrazole rings is 1. The molecule has 0 saturated carbocycles. The van der Waals surface area contributed by atoms with Gasteiger partial charge in [0.05, 0.1) is 0 Å². The van der Waals surface area contributed by atoms with Crippen molar-refractivity contribution >= 4 is 15.7 Å². The first-order valence-corrected chi connectivity index (χ1v) is 8.06. The molecule has 0 aliphatic rings. The lowest BCUT2D eigenvalue weighted by Crippen LogP contribution is -2.14. The summed E-state index contributed by atoms with van der Waals surface area (Å²) < 4.78 is 42.1. The predicted molar refractivity (Wildman–Crippen MR) is 81.4 cm³/mol. The minimum Gasteiger partial charge on any atom is -0.280 e. The van der Waals surface area contributed by atoms with Crippen LogP contribution in [0.4, 0.5) is 10.1 Å². The Morgan fingerprint density at radius 1 is 1.13 bits per heavy atom. The third kappa shape index (κ3) is 3.04. The van der Waals surface area contributed by atoms with Gasteiger partial charge in [-0.05, 0) is 34.7 Å². The van der Waals surface area contributed by atoms with Crippen LogP contribution in [-0.2, 0) is 17.1 Å². The predicted octanol–water partition coefficient (Wildman–Crippen LogP) is 1.82. The number of hydrogen-bond donors (Lipinski definition) is 1. The monoisotopic (exact) mass is 333 g/mol. The quantitative estimate of drug-likeness (QED) is 0.786. The van der Waals surface area contributed by atoms with Crippen LogP contribution in [0.15, 0.2) is 53.4 Å². The second-order valence-corrected chi connectivity index (χ2v) is 6.39. The van der Waals surface area contributed by atoms with Crippen molar-refractivity contribution in [2.75, 3.05) is 4.72 Å². The van der Waals surface area contributed by atoms with Crippen LogP contribution in [0.2, 0.25) is 0 Å². The average Bonchev–Trinajstić information content (AvgIpc) is 2.93. The van der Waals surface area contributed by atoms with Crippen molar-refractivity contribution in [1.82, 2.24) is 20.2 Å². The number of anilines is 1. The van der Waals surface area contributed by atoms with Gasteiger partial charge in [0.2, 0.25) is 0 Å². The molecular weight excluding hydrogens is 321 g/mol. The van der Waals surface area contributed by atoms with Crippen LogP contribution < -0.4 is 4.72 Å². The van der Waals surface area contributed by atoms with E-state index in [9.17, 15) is 12.8 Å². The van der Waals surface area contributed by atoms with Gasteiger partial charge in [-0.15, -0.1) is 5.10 Å². The van der Waals surface area contributed by atoms with Gasteiger partial charge in [0, 0.05) is 18.3 Å². The van der Waals surface area contributed by atoms with Gasteiger partial charge in [0.25, 0.3) is 10.0 Å². The van der Waals surface area contributed by atoms with Crippen LogP contribution in [0.25, 0.3) is 11.4 Å². The summed E-state index contributed by atoms with van der Waals surface area (Å²) in [7, 11) is -2.35. The van der Waals surface area contributed by atoms with Gasteiger partial charge in [0.1, 0.15) is 10.7 Å². The van der Waals surface area contributed by atoms with Gasteiger partial charge in [0.15, 0.2) is 5.82 Å². The molecule has 0 saturated heterocycles. The van der Waals surface area contributed by atoms with Crippen LogP contribution in [0.1, 0.15) is 0 Å². The second-order valence-electron chi connectivity index (χ2n) is 4.74. The normalized spacial score (nSPS) is 11.4. The highest BCUT2D eigenvalue weighted by atomic mass is 32.2.